The molecule has 4 nitrogen and oxygen atoms in total. The Morgan fingerprint density at radius 2 is 1.89 bits per heavy atom. The summed E-state index contributed by atoms with van der Waals surface area (Å²) in [5.41, 5.74) is 1.30. The van der Waals surface area contributed by atoms with Gasteiger partial charge >= 0.3 is 0 Å². The van der Waals surface area contributed by atoms with Crippen LogP contribution in [0.5, 0.6) is 0 Å². The average molecular weight is 277 g/mol. The second kappa shape index (κ2) is 4.48. The Balaban J connectivity index is 2.25. The molecular formula is C12H6Cl2N4. The maximum atomic E-state index is 6.13. The zero-order valence-corrected chi connectivity index (χ0v) is 10.5. The highest BCUT2D eigenvalue weighted by Crippen LogP contribution is 2.26. The first-order chi connectivity index (χ1) is 8.74. The van der Waals surface area contributed by atoms with E-state index in [1.54, 1.807) is 36.8 Å². The first kappa shape index (κ1) is 11.3. The van der Waals surface area contributed by atoms with Crippen LogP contribution in [0.25, 0.3) is 22.4 Å². The van der Waals surface area contributed by atoms with Crippen LogP contribution in [0.1, 0.15) is 0 Å². The number of halogens is 2. The van der Waals surface area contributed by atoms with Crippen LogP contribution in [0.3, 0.4) is 0 Å². The predicted octanol–water partition coefficient (Wildman–Crippen LogP) is 3.39. The van der Waals surface area contributed by atoms with E-state index in [2.05, 4.69) is 19.9 Å². The number of benzene rings is 1. The van der Waals surface area contributed by atoms with E-state index in [-0.39, 0.29) is 0 Å². The van der Waals surface area contributed by atoms with Gasteiger partial charge in [-0.15, -0.1) is 0 Å². The van der Waals surface area contributed by atoms with Crippen molar-refractivity contribution in [2.24, 2.45) is 0 Å². The average Bonchev–Trinajstić information content (AvgIpc) is 2.40. The van der Waals surface area contributed by atoms with E-state index >= 15 is 0 Å². The van der Waals surface area contributed by atoms with Crippen molar-refractivity contribution >= 4 is 34.1 Å². The lowest BCUT2D eigenvalue weighted by atomic mass is 10.2. The molecule has 0 unspecified atom stereocenters. The molecule has 3 rings (SSSR count). The first-order valence-corrected chi connectivity index (χ1v) is 5.89. The molecule has 0 radical (unpaired) electrons. The number of hydrogen-bond acceptors (Lipinski definition) is 4. The summed E-state index contributed by atoms with van der Waals surface area (Å²) in [6, 6.07) is 5.29. The molecule has 0 fully saturated rings. The van der Waals surface area contributed by atoms with Crippen LogP contribution >= 0.6 is 23.2 Å². The normalized spacial score (nSPS) is 10.8. The first-order valence-electron chi connectivity index (χ1n) is 5.13. The molecule has 0 saturated heterocycles. The van der Waals surface area contributed by atoms with E-state index in [1.807, 2.05) is 0 Å². The summed E-state index contributed by atoms with van der Waals surface area (Å²) in [6.07, 6.45) is 4.76. The molecule has 2 heterocycles. The minimum Gasteiger partial charge on any atom is -0.261 e. The minimum atomic E-state index is 0.350. The van der Waals surface area contributed by atoms with Gasteiger partial charge in [0.25, 0.3) is 0 Å². The molecule has 88 valence electrons. The number of hydrogen-bond donors (Lipinski definition) is 0. The lowest BCUT2D eigenvalue weighted by Crippen LogP contribution is -1.94. The Morgan fingerprint density at radius 1 is 1.00 bits per heavy atom. The van der Waals surface area contributed by atoms with Crippen LogP contribution < -0.4 is 0 Å². The van der Waals surface area contributed by atoms with Gasteiger partial charge in [0.2, 0.25) is 0 Å². The number of nitrogens with zero attached hydrogens (tertiary/aromatic N) is 4. The number of rotatable bonds is 1. The van der Waals surface area contributed by atoms with Crippen molar-refractivity contribution in [3.05, 3.63) is 47.0 Å². The summed E-state index contributed by atoms with van der Waals surface area (Å²) in [5.74, 6) is 0.447. The minimum absolute atomic E-state index is 0.350. The molecule has 0 amide bonds. The SMILES string of the molecule is Clc1ccc2nc(-c3cnccn3)nc(Cl)c2c1. The molecule has 0 aliphatic carbocycles. The standard InChI is InChI=1S/C12H6Cl2N4/c13-7-1-2-9-8(5-7)11(14)18-12(17-9)10-6-15-3-4-16-10/h1-6H. The Labute approximate surface area is 113 Å². The van der Waals surface area contributed by atoms with Gasteiger partial charge in [0.15, 0.2) is 5.82 Å². The van der Waals surface area contributed by atoms with Crippen LogP contribution in [-0.4, -0.2) is 19.9 Å². The summed E-state index contributed by atoms with van der Waals surface area (Å²) in [6.45, 7) is 0. The molecule has 0 saturated carbocycles. The van der Waals surface area contributed by atoms with Gasteiger partial charge in [0.1, 0.15) is 10.8 Å². The third-order valence-electron chi connectivity index (χ3n) is 2.40. The third-order valence-corrected chi connectivity index (χ3v) is 2.93. The summed E-state index contributed by atoms with van der Waals surface area (Å²) >= 11 is 12.0. The third kappa shape index (κ3) is 2.00. The molecule has 18 heavy (non-hydrogen) atoms. The van der Waals surface area contributed by atoms with E-state index in [4.69, 9.17) is 23.2 Å². The molecule has 0 N–H and O–H groups in total. The largest absolute Gasteiger partial charge is 0.261 e. The van der Waals surface area contributed by atoms with Crippen molar-refractivity contribution < 1.29 is 0 Å². The van der Waals surface area contributed by atoms with Gasteiger partial charge in [-0.25, -0.2) is 15.0 Å². The predicted molar refractivity (Wildman–Crippen MR) is 70.6 cm³/mol. The fraction of sp³-hybridized carbons (Fsp3) is 0. The van der Waals surface area contributed by atoms with Crippen LogP contribution in [0, 0.1) is 0 Å². The van der Waals surface area contributed by atoms with E-state index < -0.39 is 0 Å². The molecule has 0 atom stereocenters. The van der Waals surface area contributed by atoms with Crippen LogP contribution in [0.2, 0.25) is 10.2 Å². The van der Waals surface area contributed by atoms with Crippen molar-refractivity contribution in [3.8, 4) is 11.5 Å². The van der Waals surface area contributed by atoms with Gasteiger partial charge in [0.05, 0.1) is 11.7 Å². The Bertz CT molecular complexity index is 716. The van der Waals surface area contributed by atoms with Crippen molar-refractivity contribution in [3.63, 3.8) is 0 Å². The molecule has 0 aliphatic heterocycles. The van der Waals surface area contributed by atoms with Crippen molar-refractivity contribution in [2.45, 2.75) is 0 Å². The van der Waals surface area contributed by atoms with Gasteiger partial charge in [-0.1, -0.05) is 23.2 Å². The molecule has 0 spiro atoms. The van der Waals surface area contributed by atoms with Crippen molar-refractivity contribution in [1.82, 2.24) is 19.9 Å². The molecule has 3 aromatic rings. The molecular weight excluding hydrogens is 271 g/mol. The Hall–Kier alpha value is -1.78. The highest BCUT2D eigenvalue weighted by Gasteiger charge is 2.09. The number of fused-ring (bicyclic) bond motifs is 1. The van der Waals surface area contributed by atoms with Gasteiger partial charge in [-0.3, -0.25) is 4.98 Å². The second-order valence-electron chi connectivity index (χ2n) is 3.59. The molecule has 0 aliphatic rings. The van der Waals surface area contributed by atoms with Crippen molar-refractivity contribution in [2.75, 3.05) is 0 Å². The van der Waals surface area contributed by atoms with Crippen LogP contribution in [0.4, 0.5) is 0 Å². The van der Waals surface area contributed by atoms with Crippen LogP contribution in [-0.2, 0) is 0 Å². The topological polar surface area (TPSA) is 51.6 Å². The summed E-state index contributed by atoms with van der Waals surface area (Å²) in [4.78, 5) is 16.7. The lowest BCUT2D eigenvalue weighted by molar-refractivity contribution is 1.13. The maximum absolute atomic E-state index is 6.13. The highest BCUT2D eigenvalue weighted by atomic mass is 35.5. The molecule has 2 aromatic heterocycles. The van der Waals surface area contributed by atoms with E-state index in [9.17, 15) is 0 Å². The van der Waals surface area contributed by atoms with E-state index in [1.165, 1.54) is 0 Å². The zero-order chi connectivity index (χ0) is 12.5. The van der Waals surface area contributed by atoms with E-state index in [0.717, 1.165) is 10.9 Å². The molecule has 6 heteroatoms. The zero-order valence-electron chi connectivity index (χ0n) is 9.01. The molecule has 0 bridgehead atoms. The van der Waals surface area contributed by atoms with Gasteiger partial charge in [-0.05, 0) is 18.2 Å². The van der Waals surface area contributed by atoms with Crippen LogP contribution in [0.15, 0.2) is 36.8 Å². The summed E-state index contributed by atoms with van der Waals surface area (Å²) in [5, 5.41) is 1.67. The Morgan fingerprint density at radius 3 is 2.67 bits per heavy atom. The van der Waals surface area contributed by atoms with Gasteiger partial charge in [-0.2, -0.15) is 0 Å². The van der Waals surface area contributed by atoms with E-state index in [0.29, 0.717) is 21.7 Å². The van der Waals surface area contributed by atoms with Gasteiger partial charge in [0, 0.05) is 22.8 Å². The van der Waals surface area contributed by atoms with Crippen molar-refractivity contribution in [1.29, 1.82) is 0 Å². The summed E-state index contributed by atoms with van der Waals surface area (Å²) in [7, 11) is 0. The maximum Gasteiger partial charge on any atom is 0.181 e. The number of aromatic nitrogens is 4. The quantitative estimate of drug-likeness (QED) is 0.640. The monoisotopic (exact) mass is 276 g/mol. The second-order valence-corrected chi connectivity index (χ2v) is 4.38. The molecule has 1 aromatic carbocycles. The fourth-order valence-electron chi connectivity index (χ4n) is 1.59. The summed E-state index contributed by atoms with van der Waals surface area (Å²) < 4.78 is 0. The van der Waals surface area contributed by atoms with Gasteiger partial charge < -0.3 is 0 Å². The Kier molecular flexibility index (Phi) is 2.81. The smallest absolute Gasteiger partial charge is 0.181 e. The fourth-order valence-corrected chi connectivity index (χ4v) is 2.00. The highest BCUT2D eigenvalue weighted by molar-refractivity contribution is 6.35. The lowest BCUT2D eigenvalue weighted by Gasteiger charge is -2.03.